The normalized spacial score (nSPS) is 23.3. The SMILES string of the molecule is CC(C)OC(=O)[C@H]1CC[C@@H](c2ccc(N)cc2)CC1. The number of carbonyl (C=O) groups excluding carboxylic acids is 1. The zero-order chi connectivity index (χ0) is 13.8. The lowest BCUT2D eigenvalue weighted by Crippen LogP contribution is -2.25. The summed E-state index contributed by atoms with van der Waals surface area (Å²) in [5, 5.41) is 0. The van der Waals surface area contributed by atoms with Crippen molar-refractivity contribution in [2.45, 2.75) is 51.6 Å². The van der Waals surface area contributed by atoms with Gasteiger partial charge in [0.05, 0.1) is 12.0 Å². The van der Waals surface area contributed by atoms with Gasteiger partial charge in [0.1, 0.15) is 0 Å². The molecule has 1 aliphatic carbocycles. The van der Waals surface area contributed by atoms with Crippen LogP contribution in [0.5, 0.6) is 0 Å². The summed E-state index contributed by atoms with van der Waals surface area (Å²) in [6.07, 6.45) is 3.97. The predicted molar refractivity (Wildman–Crippen MR) is 76.8 cm³/mol. The van der Waals surface area contributed by atoms with E-state index in [-0.39, 0.29) is 18.0 Å². The molecule has 1 aromatic rings. The van der Waals surface area contributed by atoms with Gasteiger partial charge in [-0.2, -0.15) is 0 Å². The van der Waals surface area contributed by atoms with E-state index in [0.29, 0.717) is 5.92 Å². The molecule has 0 spiro atoms. The molecule has 19 heavy (non-hydrogen) atoms. The fraction of sp³-hybridized carbons (Fsp3) is 0.562. The Morgan fingerprint density at radius 1 is 1.16 bits per heavy atom. The molecule has 0 unspecified atom stereocenters. The molecule has 0 aliphatic heterocycles. The first kappa shape index (κ1) is 13.9. The van der Waals surface area contributed by atoms with Crippen LogP contribution in [0.1, 0.15) is 51.0 Å². The Labute approximate surface area is 115 Å². The van der Waals surface area contributed by atoms with Crippen molar-refractivity contribution in [3.8, 4) is 0 Å². The highest BCUT2D eigenvalue weighted by atomic mass is 16.5. The van der Waals surface area contributed by atoms with Gasteiger partial charge in [-0.1, -0.05) is 12.1 Å². The first-order valence-electron chi connectivity index (χ1n) is 7.12. The number of rotatable bonds is 3. The lowest BCUT2D eigenvalue weighted by atomic mass is 9.79. The minimum Gasteiger partial charge on any atom is -0.463 e. The zero-order valence-electron chi connectivity index (χ0n) is 11.8. The second-order valence-electron chi connectivity index (χ2n) is 5.70. The lowest BCUT2D eigenvalue weighted by Gasteiger charge is -2.28. The molecule has 0 aromatic heterocycles. The van der Waals surface area contributed by atoms with Crippen LogP contribution in [0.3, 0.4) is 0 Å². The Morgan fingerprint density at radius 3 is 2.26 bits per heavy atom. The molecule has 0 amide bonds. The Hall–Kier alpha value is -1.51. The van der Waals surface area contributed by atoms with Gasteiger partial charge in [-0.15, -0.1) is 0 Å². The molecule has 2 N–H and O–H groups in total. The van der Waals surface area contributed by atoms with Gasteiger partial charge in [-0.05, 0) is 63.1 Å². The van der Waals surface area contributed by atoms with E-state index < -0.39 is 0 Å². The maximum Gasteiger partial charge on any atom is 0.309 e. The van der Waals surface area contributed by atoms with Crippen LogP contribution in [0.15, 0.2) is 24.3 Å². The molecule has 0 saturated heterocycles. The first-order valence-corrected chi connectivity index (χ1v) is 7.12. The van der Waals surface area contributed by atoms with Gasteiger partial charge in [0.2, 0.25) is 0 Å². The van der Waals surface area contributed by atoms with Crippen LogP contribution in [0.4, 0.5) is 5.69 Å². The number of ether oxygens (including phenoxy) is 1. The second-order valence-corrected chi connectivity index (χ2v) is 5.70. The van der Waals surface area contributed by atoms with Gasteiger partial charge in [0.15, 0.2) is 0 Å². The van der Waals surface area contributed by atoms with Gasteiger partial charge in [0, 0.05) is 5.69 Å². The molecule has 0 bridgehead atoms. The molecular weight excluding hydrogens is 238 g/mol. The number of carbonyl (C=O) groups is 1. The van der Waals surface area contributed by atoms with Crippen LogP contribution in [-0.2, 0) is 9.53 Å². The van der Waals surface area contributed by atoms with Crippen molar-refractivity contribution in [1.82, 2.24) is 0 Å². The highest BCUT2D eigenvalue weighted by Gasteiger charge is 2.28. The molecule has 0 atom stereocenters. The number of esters is 1. The molecule has 2 rings (SSSR count). The van der Waals surface area contributed by atoms with Crippen LogP contribution in [0, 0.1) is 5.92 Å². The van der Waals surface area contributed by atoms with Gasteiger partial charge in [-0.3, -0.25) is 4.79 Å². The van der Waals surface area contributed by atoms with Crippen LogP contribution in [-0.4, -0.2) is 12.1 Å². The molecule has 1 saturated carbocycles. The first-order chi connectivity index (χ1) is 9.06. The van der Waals surface area contributed by atoms with Gasteiger partial charge in [-0.25, -0.2) is 0 Å². The average molecular weight is 261 g/mol. The number of anilines is 1. The highest BCUT2D eigenvalue weighted by Crippen LogP contribution is 2.36. The van der Waals surface area contributed by atoms with Crippen LogP contribution >= 0.6 is 0 Å². The fourth-order valence-corrected chi connectivity index (χ4v) is 2.76. The summed E-state index contributed by atoms with van der Waals surface area (Å²) in [6, 6.07) is 8.11. The van der Waals surface area contributed by atoms with E-state index in [9.17, 15) is 4.79 Å². The molecule has 3 heteroatoms. The molecule has 104 valence electrons. The standard InChI is InChI=1S/C16H23NO2/c1-11(2)19-16(18)14-5-3-12(4-6-14)13-7-9-15(17)10-8-13/h7-12,14H,3-6,17H2,1-2H3/t12-,14+. The van der Waals surface area contributed by atoms with Crippen molar-refractivity contribution in [3.63, 3.8) is 0 Å². The minimum absolute atomic E-state index is 0.0117. The van der Waals surface area contributed by atoms with E-state index in [0.717, 1.165) is 31.4 Å². The Balaban J connectivity index is 1.88. The van der Waals surface area contributed by atoms with E-state index in [4.69, 9.17) is 10.5 Å². The summed E-state index contributed by atoms with van der Waals surface area (Å²) in [6.45, 7) is 3.80. The van der Waals surface area contributed by atoms with Crippen LogP contribution < -0.4 is 5.73 Å². The molecule has 1 aliphatic rings. The second kappa shape index (κ2) is 6.09. The Bertz CT molecular complexity index is 417. The number of hydrogen-bond donors (Lipinski definition) is 1. The van der Waals surface area contributed by atoms with E-state index in [1.165, 1.54) is 5.56 Å². The maximum atomic E-state index is 11.9. The maximum absolute atomic E-state index is 11.9. The van der Waals surface area contributed by atoms with Crippen molar-refractivity contribution in [3.05, 3.63) is 29.8 Å². The predicted octanol–water partition coefficient (Wildman–Crippen LogP) is 3.49. The van der Waals surface area contributed by atoms with Crippen LogP contribution in [0.2, 0.25) is 0 Å². The number of benzene rings is 1. The molecular formula is C16H23NO2. The zero-order valence-corrected chi connectivity index (χ0v) is 11.8. The molecule has 3 nitrogen and oxygen atoms in total. The number of hydrogen-bond acceptors (Lipinski definition) is 3. The van der Waals surface area contributed by atoms with Crippen LogP contribution in [0.25, 0.3) is 0 Å². The summed E-state index contributed by atoms with van der Waals surface area (Å²) < 4.78 is 5.29. The van der Waals surface area contributed by atoms with Gasteiger partial charge >= 0.3 is 5.97 Å². The van der Waals surface area contributed by atoms with E-state index in [2.05, 4.69) is 12.1 Å². The molecule has 0 heterocycles. The third kappa shape index (κ3) is 3.72. The van der Waals surface area contributed by atoms with E-state index >= 15 is 0 Å². The van der Waals surface area contributed by atoms with E-state index in [1.807, 2.05) is 26.0 Å². The summed E-state index contributed by atoms with van der Waals surface area (Å²) in [7, 11) is 0. The highest BCUT2D eigenvalue weighted by molar-refractivity contribution is 5.72. The minimum atomic E-state index is -0.0224. The quantitative estimate of drug-likeness (QED) is 0.669. The largest absolute Gasteiger partial charge is 0.463 e. The van der Waals surface area contributed by atoms with Crippen molar-refractivity contribution in [2.24, 2.45) is 5.92 Å². The van der Waals surface area contributed by atoms with Crippen molar-refractivity contribution < 1.29 is 9.53 Å². The molecule has 0 radical (unpaired) electrons. The third-order valence-electron chi connectivity index (χ3n) is 3.82. The van der Waals surface area contributed by atoms with Gasteiger partial charge in [0.25, 0.3) is 0 Å². The topological polar surface area (TPSA) is 52.3 Å². The summed E-state index contributed by atoms with van der Waals surface area (Å²) in [5.74, 6) is 0.627. The van der Waals surface area contributed by atoms with E-state index in [1.54, 1.807) is 0 Å². The average Bonchev–Trinajstić information content (AvgIpc) is 2.39. The van der Waals surface area contributed by atoms with Crippen molar-refractivity contribution in [1.29, 1.82) is 0 Å². The van der Waals surface area contributed by atoms with Gasteiger partial charge < -0.3 is 10.5 Å². The van der Waals surface area contributed by atoms with Crippen molar-refractivity contribution >= 4 is 11.7 Å². The summed E-state index contributed by atoms with van der Waals surface area (Å²) in [4.78, 5) is 11.9. The molecule has 1 aromatic carbocycles. The summed E-state index contributed by atoms with van der Waals surface area (Å²) >= 11 is 0. The Morgan fingerprint density at radius 2 is 1.74 bits per heavy atom. The summed E-state index contributed by atoms with van der Waals surface area (Å²) in [5.41, 5.74) is 7.84. The monoisotopic (exact) mass is 261 g/mol. The Kier molecular flexibility index (Phi) is 4.46. The van der Waals surface area contributed by atoms with Crippen molar-refractivity contribution in [2.75, 3.05) is 5.73 Å². The smallest absolute Gasteiger partial charge is 0.309 e. The number of nitrogen functional groups attached to an aromatic ring is 1. The fourth-order valence-electron chi connectivity index (χ4n) is 2.76. The third-order valence-corrected chi connectivity index (χ3v) is 3.82. The molecule has 1 fully saturated rings. The lowest BCUT2D eigenvalue weighted by molar-refractivity contribution is -0.153. The number of nitrogens with two attached hydrogens (primary N) is 1.